The van der Waals surface area contributed by atoms with Gasteiger partial charge in [-0.25, -0.2) is 0 Å². The van der Waals surface area contributed by atoms with Crippen LogP contribution in [0.2, 0.25) is 0 Å². The zero-order valence-corrected chi connectivity index (χ0v) is 43.7. The average molecular weight is 865 g/mol. The van der Waals surface area contributed by atoms with E-state index >= 15 is 0 Å². The van der Waals surface area contributed by atoms with Crippen LogP contribution in [-0.4, -0.2) is 19.8 Å². The minimum Gasteiger partial charge on any atom is -0.470 e. The number of hydrogen-bond acceptors (Lipinski definition) is 3. The lowest BCUT2D eigenvalue weighted by atomic mass is 9.41. The minimum absolute atomic E-state index is 0.0782. The Hall–Kier alpha value is -4.44. The van der Waals surface area contributed by atoms with Crippen molar-refractivity contribution < 1.29 is 4.42 Å². The minimum atomic E-state index is -0.210. The first-order valence-corrected chi connectivity index (χ1v) is 24.5. The standard InChI is InChI=1S/C60H89BN2O/c1-20-25-29-45(10)50(36-48(23-4)24-5)40-62-41-54(55(35-46(11)58(13,14)15)63-34-27-30-51(42(6)7)47(12)44(9)22-3)61(33-26-28-43(8)21-2)57-38-49-37-52-53(39-56(49)64-57)60(18,19)32-31-59(52,16)17/h20-21,23,25-27,29-30,33,35-39,41-44,62-63H,2,11,22,24,28,31-32,34,40H2,1,3-10,12-19H3/b25-20-,30-27-,33-26+,45-29+,48-23-,50-36+,51-47-,54-41-,55-35+. The van der Waals surface area contributed by atoms with E-state index in [0.29, 0.717) is 30.8 Å². The Labute approximate surface area is 393 Å². The molecule has 1 heterocycles. The van der Waals surface area contributed by atoms with Crippen molar-refractivity contribution in [3.63, 3.8) is 0 Å². The average Bonchev–Trinajstić information content (AvgIpc) is 3.67. The van der Waals surface area contributed by atoms with Crippen molar-refractivity contribution in [2.75, 3.05) is 13.1 Å². The summed E-state index contributed by atoms with van der Waals surface area (Å²) in [6.45, 7) is 48.5. The Balaban J connectivity index is 2.42. The van der Waals surface area contributed by atoms with Gasteiger partial charge in [0.2, 0.25) is 0 Å². The van der Waals surface area contributed by atoms with E-state index in [1.54, 1.807) is 0 Å². The lowest BCUT2D eigenvalue weighted by molar-refractivity contribution is 0.332. The summed E-state index contributed by atoms with van der Waals surface area (Å²) in [5.74, 6) is 3.67. The molecular weight excluding hydrogens is 775 g/mol. The van der Waals surface area contributed by atoms with Crippen molar-refractivity contribution in [3.8, 4) is 0 Å². The molecule has 1 aromatic carbocycles. The third kappa shape index (κ3) is 14.8. The second-order valence-corrected chi connectivity index (χ2v) is 21.2. The Kier molecular flexibility index (Phi) is 20.4. The normalized spacial score (nSPS) is 17.9. The van der Waals surface area contributed by atoms with Crippen molar-refractivity contribution in [2.45, 2.75) is 161 Å². The molecule has 0 fully saturated rings. The molecule has 0 aliphatic heterocycles. The predicted octanol–water partition coefficient (Wildman–Crippen LogP) is 16.3. The molecule has 2 N–H and O–H groups in total. The van der Waals surface area contributed by atoms with E-state index in [0.717, 1.165) is 59.1 Å². The lowest BCUT2D eigenvalue weighted by Crippen LogP contribution is -2.35. The summed E-state index contributed by atoms with van der Waals surface area (Å²) < 4.78 is 7.11. The molecule has 2 aromatic rings. The zero-order valence-electron chi connectivity index (χ0n) is 43.7. The van der Waals surface area contributed by atoms with E-state index in [1.807, 2.05) is 6.08 Å². The summed E-state index contributed by atoms with van der Waals surface area (Å²) in [5, 5.41) is 8.96. The zero-order chi connectivity index (χ0) is 48.0. The van der Waals surface area contributed by atoms with E-state index in [4.69, 9.17) is 4.42 Å². The van der Waals surface area contributed by atoms with Crippen LogP contribution in [0.4, 0.5) is 0 Å². The Morgan fingerprint density at radius 3 is 2.16 bits per heavy atom. The van der Waals surface area contributed by atoms with Crippen LogP contribution in [0.3, 0.4) is 0 Å². The fourth-order valence-corrected chi connectivity index (χ4v) is 8.38. The highest BCUT2D eigenvalue weighted by molar-refractivity contribution is 6.84. The molecule has 1 aromatic heterocycles. The van der Waals surface area contributed by atoms with Crippen molar-refractivity contribution in [3.05, 3.63) is 160 Å². The van der Waals surface area contributed by atoms with Gasteiger partial charge in [0.1, 0.15) is 5.58 Å². The van der Waals surface area contributed by atoms with Crippen LogP contribution in [0.5, 0.6) is 0 Å². The molecule has 0 saturated carbocycles. The highest BCUT2D eigenvalue weighted by Gasteiger charge is 2.38. The first kappa shape index (κ1) is 53.9. The molecule has 3 nitrogen and oxygen atoms in total. The largest absolute Gasteiger partial charge is 0.470 e. The van der Waals surface area contributed by atoms with Gasteiger partial charge in [-0.2, -0.15) is 0 Å². The predicted molar refractivity (Wildman–Crippen MR) is 288 cm³/mol. The van der Waals surface area contributed by atoms with Gasteiger partial charge in [0.05, 0.1) is 5.66 Å². The smallest absolute Gasteiger partial charge is 0.283 e. The number of benzene rings is 1. The van der Waals surface area contributed by atoms with Crippen molar-refractivity contribution in [1.82, 2.24) is 10.6 Å². The van der Waals surface area contributed by atoms with Gasteiger partial charge in [-0.1, -0.05) is 162 Å². The second kappa shape index (κ2) is 24.2. The summed E-state index contributed by atoms with van der Waals surface area (Å²) in [4.78, 5) is 0. The molecule has 2 unspecified atom stereocenters. The van der Waals surface area contributed by atoms with Gasteiger partial charge >= 0.3 is 0 Å². The number of furan rings is 1. The van der Waals surface area contributed by atoms with Crippen molar-refractivity contribution in [1.29, 1.82) is 0 Å². The van der Waals surface area contributed by atoms with E-state index in [1.165, 1.54) is 45.4 Å². The maximum absolute atomic E-state index is 7.11. The van der Waals surface area contributed by atoms with Crippen LogP contribution >= 0.6 is 0 Å². The molecule has 4 heteroatoms. The molecule has 348 valence electrons. The topological polar surface area (TPSA) is 37.2 Å². The number of fused-ring (bicyclic) bond motifs is 2. The molecule has 64 heavy (non-hydrogen) atoms. The first-order chi connectivity index (χ1) is 30.0. The van der Waals surface area contributed by atoms with Gasteiger partial charge in [0, 0.05) is 24.2 Å². The molecule has 0 radical (unpaired) electrons. The maximum atomic E-state index is 7.11. The number of nitrogens with one attached hydrogen (secondary N) is 2. The van der Waals surface area contributed by atoms with Crippen LogP contribution in [0.25, 0.3) is 11.0 Å². The summed E-state index contributed by atoms with van der Waals surface area (Å²) >= 11 is 0. The fourth-order valence-electron chi connectivity index (χ4n) is 8.38. The third-order valence-electron chi connectivity index (χ3n) is 13.9. The van der Waals surface area contributed by atoms with Gasteiger partial charge in [0.25, 0.3) is 6.71 Å². The van der Waals surface area contributed by atoms with Crippen molar-refractivity contribution in [2.24, 2.45) is 23.2 Å². The van der Waals surface area contributed by atoms with Crippen LogP contribution in [0.15, 0.2) is 153 Å². The van der Waals surface area contributed by atoms with Gasteiger partial charge in [-0.3, -0.25) is 0 Å². The summed E-state index contributed by atoms with van der Waals surface area (Å²) in [5.41, 5.74) is 14.6. The van der Waals surface area contributed by atoms with E-state index in [9.17, 15) is 0 Å². The van der Waals surface area contributed by atoms with E-state index in [-0.39, 0.29) is 23.0 Å². The fraction of sp³-hybridized carbons (Fsp3) is 0.500. The summed E-state index contributed by atoms with van der Waals surface area (Å²) in [6, 6.07) is 7.07. The van der Waals surface area contributed by atoms with Crippen LogP contribution in [0.1, 0.15) is 161 Å². The third-order valence-corrected chi connectivity index (χ3v) is 13.9. The Morgan fingerprint density at radius 2 is 1.59 bits per heavy atom. The Morgan fingerprint density at radius 1 is 0.938 bits per heavy atom. The highest BCUT2D eigenvalue weighted by atomic mass is 16.3. The Bertz CT molecular complexity index is 2140. The van der Waals surface area contributed by atoms with Gasteiger partial charge in [-0.05, 0) is 163 Å². The van der Waals surface area contributed by atoms with Gasteiger partial charge < -0.3 is 15.1 Å². The number of hydrogen-bond donors (Lipinski definition) is 2. The van der Waals surface area contributed by atoms with Crippen LogP contribution < -0.4 is 16.3 Å². The molecule has 1 aliphatic carbocycles. The first-order valence-electron chi connectivity index (χ1n) is 24.5. The van der Waals surface area contributed by atoms with Crippen molar-refractivity contribution >= 4 is 23.3 Å². The van der Waals surface area contributed by atoms with E-state index in [2.05, 4.69) is 227 Å². The quantitative estimate of drug-likeness (QED) is 0.0703. The molecule has 0 amide bonds. The van der Waals surface area contributed by atoms with Crippen LogP contribution in [-0.2, 0) is 10.8 Å². The second-order valence-electron chi connectivity index (χ2n) is 21.2. The molecular formula is C60H89BN2O. The van der Waals surface area contributed by atoms with E-state index < -0.39 is 0 Å². The number of rotatable bonds is 22. The van der Waals surface area contributed by atoms with Gasteiger partial charge in [0.15, 0.2) is 0 Å². The summed E-state index contributed by atoms with van der Waals surface area (Å²) in [7, 11) is 0. The molecule has 0 spiro atoms. The SMILES string of the molecule is C=CC(C)C/C=C/B(C(=C\NCC(=C\C(=C/C)CC)/C(C)=C/C=C\C)/C(=C\C(=C)C(C)(C)C)NC/C=C\C(=C(/C)C(C)CC)C(C)C)c1cc2cc3c(cc2o1)C(C)(C)CCC3(C)C. The molecule has 0 bridgehead atoms. The summed E-state index contributed by atoms with van der Waals surface area (Å²) in [6.07, 6.45) is 29.8. The molecule has 2 atom stereocenters. The van der Waals surface area contributed by atoms with Crippen LogP contribution in [0, 0.1) is 23.2 Å². The molecule has 1 aliphatic rings. The number of allylic oxidation sites excluding steroid dienone is 14. The highest BCUT2D eigenvalue weighted by Crippen LogP contribution is 2.47. The maximum Gasteiger partial charge on any atom is 0.283 e. The lowest BCUT2D eigenvalue weighted by Gasteiger charge is -2.41. The van der Waals surface area contributed by atoms with Gasteiger partial charge in [-0.15, -0.1) is 12.6 Å². The molecule has 0 saturated heterocycles. The monoisotopic (exact) mass is 865 g/mol. The molecule has 3 rings (SSSR count).